The predicted molar refractivity (Wildman–Crippen MR) is 89.1 cm³/mol. The van der Waals surface area contributed by atoms with Gasteiger partial charge in [0.05, 0.1) is 13.7 Å². The molecule has 0 aliphatic heterocycles. The average molecular weight is 316 g/mol. The molecule has 0 aromatic heterocycles. The highest BCUT2D eigenvalue weighted by Gasteiger charge is 2.12. The molecular formula is C18H21FN2O2. The number of hydrogen-bond acceptors (Lipinski definition) is 3. The molecule has 0 radical (unpaired) electrons. The summed E-state index contributed by atoms with van der Waals surface area (Å²) in [5.41, 5.74) is 2.11. The first-order valence-electron chi connectivity index (χ1n) is 7.37. The minimum Gasteiger partial charge on any atom is -0.496 e. The molecule has 0 unspecified atom stereocenters. The van der Waals surface area contributed by atoms with Gasteiger partial charge in [0.2, 0.25) is 5.91 Å². The van der Waals surface area contributed by atoms with Crippen LogP contribution in [0.5, 0.6) is 5.75 Å². The molecule has 4 nitrogen and oxygen atoms in total. The van der Waals surface area contributed by atoms with E-state index in [0.717, 1.165) is 11.3 Å². The molecule has 0 aliphatic carbocycles. The lowest BCUT2D eigenvalue weighted by molar-refractivity contribution is -0.128. The second-order valence-electron chi connectivity index (χ2n) is 5.38. The largest absolute Gasteiger partial charge is 0.496 e. The van der Waals surface area contributed by atoms with Crippen LogP contribution in [-0.4, -0.2) is 31.5 Å². The highest BCUT2D eigenvalue weighted by atomic mass is 19.1. The Balaban J connectivity index is 1.93. The summed E-state index contributed by atoms with van der Waals surface area (Å²) in [6.07, 6.45) is 0. The molecule has 0 atom stereocenters. The minimum atomic E-state index is -0.287. The van der Waals surface area contributed by atoms with Gasteiger partial charge in [-0.15, -0.1) is 0 Å². The Bertz CT molecular complexity index is 688. The number of nitrogens with one attached hydrogen (secondary N) is 1. The zero-order chi connectivity index (χ0) is 16.8. The van der Waals surface area contributed by atoms with E-state index in [9.17, 15) is 9.18 Å². The van der Waals surface area contributed by atoms with Crippen molar-refractivity contribution in [1.29, 1.82) is 0 Å². The first-order chi connectivity index (χ1) is 11.0. The molecule has 0 spiro atoms. The molecule has 122 valence electrons. The smallest absolute Gasteiger partial charge is 0.241 e. The summed E-state index contributed by atoms with van der Waals surface area (Å²) < 4.78 is 18.8. The van der Waals surface area contributed by atoms with E-state index >= 15 is 0 Å². The zero-order valence-corrected chi connectivity index (χ0v) is 13.6. The monoisotopic (exact) mass is 316 g/mol. The number of benzene rings is 2. The number of nitrogens with zero attached hydrogens (tertiary/aromatic N) is 1. The SMILES string of the molecule is COc1ccccc1CN(C)C(=O)CNc1ccc(C)c(F)c1. The van der Waals surface area contributed by atoms with E-state index in [1.54, 1.807) is 38.1 Å². The van der Waals surface area contributed by atoms with Crippen molar-refractivity contribution in [2.75, 3.05) is 26.0 Å². The molecule has 0 saturated carbocycles. The van der Waals surface area contributed by atoms with Gasteiger partial charge in [0.15, 0.2) is 0 Å². The van der Waals surface area contributed by atoms with Crippen LogP contribution in [0.4, 0.5) is 10.1 Å². The highest BCUT2D eigenvalue weighted by Crippen LogP contribution is 2.19. The van der Waals surface area contributed by atoms with Crippen molar-refractivity contribution < 1.29 is 13.9 Å². The number of para-hydroxylation sites is 1. The van der Waals surface area contributed by atoms with Gasteiger partial charge in [-0.25, -0.2) is 4.39 Å². The number of amides is 1. The Kier molecular flexibility index (Phi) is 5.57. The molecule has 0 fully saturated rings. The number of rotatable bonds is 6. The Morgan fingerprint density at radius 3 is 2.70 bits per heavy atom. The van der Waals surface area contributed by atoms with E-state index in [0.29, 0.717) is 17.8 Å². The van der Waals surface area contributed by atoms with Crippen LogP contribution in [0.15, 0.2) is 42.5 Å². The molecule has 2 aromatic rings. The standard InChI is InChI=1S/C18H21FN2O2/c1-13-8-9-15(10-16(13)19)20-11-18(22)21(2)12-14-6-4-5-7-17(14)23-3/h4-10,20H,11-12H2,1-3H3. The number of carbonyl (C=O) groups is 1. The van der Waals surface area contributed by atoms with Crippen LogP contribution in [0, 0.1) is 12.7 Å². The predicted octanol–water partition coefficient (Wildman–Crippen LogP) is 3.21. The third-order valence-corrected chi connectivity index (χ3v) is 3.64. The van der Waals surface area contributed by atoms with Gasteiger partial charge >= 0.3 is 0 Å². The molecule has 2 aromatic carbocycles. The molecule has 0 saturated heterocycles. The fourth-order valence-electron chi connectivity index (χ4n) is 2.19. The van der Waals surface area contributed by atoms with Crippen LogP contribution in [0.25, 0.3) is 0 Å². The van der Waals surface area contributed by atoms with E-state index in [1.165, 1.54) is 6.07 Å². The number of methoxy groups -OCH3 is 1. The number of halogens is 1. The summed E-state index contributed by atoms with van der Waals surface area (Å²) in [5.74, 6) is 0.377. The van der Waals surface area contributed by atoms with E-state index in [4.69, 9.17) is 4.74 Å². The van der Waals surface area contributed by atoms with Crippen LogP contribution < -0.4 is 10.1 Å². The van der Waals surface area contributed by atoms with Crippen LogP contribution in [0.3, 0.4) is 0 Å². The summed E-state index contributed by atoms with van der Waals surface area (Å²) in [5, 5.41) is 2.95. The minimum absolute atomic E-state index is 0.0862. The molecule has 23 heavy (non-hydrogen) atoms. The van der Waals surface area contributed by atoms with Gasteiger partial charge in [0.1, 0.15) is 11.6 Å². The van der Waals surface area contributed by atoms with E-state index in [1.807, 2.05) is 24.3 Å². The van der Waals surface area contributed by atoms with Crippen LogP contribution >= 0.6 is 0 Å². The Hall–Kier alpha value is -2.56. The fourth-order valence-corrected chi connectivity index (χ4v) is 2.19. The lowest BCUT2D eigenvalue weighted by atomic mass is 10.2. The van der Waals surface area contributed by atoms with Crippen molar-refractivity contribution >= 4 is 11.6 Å². The van der Waals surface area contributed by atoms with Crippen molar-refractivity contribution in [2.45, 2.75) is 13.5 Å². The van der Waals surface area contributed by atoms with Crippen molar-refractivity contribution in [2.24, 2.45) is 0 Å². The van der Waals surface area contributed by atoms with E-state index in [-0.39, 0.29) is 18.3 Å². The average Bonchev–Trinajstić information content (AvgIpc) is 2.56. The number of aryl methyl sites for hydroxylation is 1. The van der Waals surface area contributed by atoms with Gasteiger partial charge in [-0.2, -0.15) is 0 Å². The topological polar surface area (TPSA) is 41.6 Å². The number of hydrogen-bond donors (Lipinski definition) is 1. The lowest BCUT2D eigenvalue weighted by Crippen LogP contribution is -2.31. The van der Waals surface area contributed by atoms with Crippen molar-refractivity contribution in [3.8, 4) is 5.75 Å². The van der Waals surface area contributed by atoms with Gasteiger partial charge in [-0.1, -0.05) is 24.3 Å². The van der Waals surface area contributed by atoms with E-state index in [2.05, 4.69) is 5.32 Å². The molecule has 5 heteroatoms. The summed E-state index contributed by atoms with van der Waals surface area (Å²) in [7, 11) is 3.33. The fraction of sp³-hybridized carbons (Fsp3) is 0.278. The van der Waals surface area contributed by atoms with Gasteiger partial charge in [-0.3, -0.25) is 4.79 Å². The van der Waals surface area contributed by atoms with Gasteiger partial charge in [0, 0.05) is 24.8 Å². The first kappa shape index (κ1) is 16.8. The summed E-state index contributed by atoms with van der Waals surface area (Å²) >= 11 is 0. The lowest BCUT2D eigenvalue weighted by Gasteiger charge is -2.19. The van der Waals surface area contributed by atoms with Crippen molar-refractivity contribution in [3.63, 3.8) is 0 Å². The van der Waals surface area contributed by atoms with Crippen LogP contribution in [0.2, 0.25) is 0 Å². The number of ether oxygens (including phenoxy) is 1. The van der Waals surface area contributed by atoms with Crippen molar-refractivity contribution in [3.05, 3.63) is 59.4 Å². The van der Waals surface area contributed by atoms with Gasteiger partial charge in [-0.05, 0) is 30.7 Å². The van der Waals surface area contributed by atoms with Gasteiger partial charge < -0.3 is 15.0 Å². The quantitative estimate of drug-likeness (QED) is 0.890. The molecule has 0 bridgehead atoms. The molecular weight excluding hydrogens is 295 g/mol. The molecule has 0 aliphatic rings. The third-order valence-electron chi connectivity index (χ3n) is 3.64. The number of likely N-dealkylation sites (N-methyl/N-ethyl adjacent to an activating group) is 1. The Labute approximate surface area is 135 Å². The highest BCUT2D eigenvalue weighted by molar-refractivity contribution is 5.80. The Morgan fingerprint density at radius 1 is 1.26 bits per heavy atom. The van der Waals surface area contributed by atoms with Gasteiger partial charge in [0.25, 0.3) is 0 Å². The van der Waals surface area contributed by atoms with E-state index < -0.39 is 0 Å². The zero-order valence-electron chi connectivity index (χ0n) is 13.6. The third kappa shape index (κ3) is 4.45. The molecule has 2 rings (SSSR count). The van der Waals surface area contributed by atoms with Crippen molar-refractivity contribution in [1.82, 2.24) is 4.90 Å². The molecule has 1 N–H and O–H groups in total. The second-order valence-corrected chi connectivity index (χ2v) is 5.38. The molecule has 0 heterocycles. The van der Waals surface area contributed by atoms with Crippen LogP contribution in [-0.2, 0) is 11.3 Å². The maximum Gasteiger partial charge on any atom is 0.241 e. The number of anilines is 1. The summed E-state index contributed by atoms with van der Waals surface area (Å²) in [6.45, 7) is 2.26. The normalized spacial score (nSPS) is 10.3. The maximum absolute atomic E-state index is 13.5. The summed E-state index contributed by atoms with van der Waals surface area (Å²) in [4.78, 5) is 13.8. The number of carbonyl (C=O) groups excluding carboxylic acids is 1. The first-order valence-corrected chi connectivity index (χ1v) is 7.37. The second kappa shape index (κ2) is 7.63. The summed E-state index contributed by atoms with van der Waals surface area (Å²) in [6, 6.07) is 12.4. The maximum atomic E-state index is 13.5. The Morgan fingerprint density at radius 2 is 2.00 bits per heavy atom. The van der Waals surface area contributed by atoms with Crippen LogP contribution in [0.1, 0.15) is 11.1 Å². The molecule has 1 amide bonds.